The third kappa shape index (κ3) is 2.64. The van der Waals surface area contributed by atoms with Crippen LogP contribution in [0, 0.1) is 0 Å². The van der Waals surface area contributed by atoms with E-state index in [1.165, 1.54) is 12.8 Å². The minimum Gasteiger partial charge on any atom is -0.407 e. The summed E-state index contributed by atoms with van der Waals surface area (Å²) < 4.78 is 5.54. The Morgan fingerprint density at radius 2 is 2.20 bits per heavy atom. The van der Waals surface area contributed by atoms with Crippen LogP contribution in [0.2, 0.25) is 0 Å². The number of nitrogens with zero attached hydrogens (tertiary/aromatic N) is 3. The molecule has 1 saturated carbocycles. The molecule has 1 aromatic heterocycles. The summed E-state index contributed by atoms with van der Waals surface area (Å²) in [7, 11) is 0. The number of piperazine rings is 1. The topological polar surface area (TPSA) is 100 Å². The molecule has 108 valence electrons. The predicted octanol–water partition coefficient (Wildman–Crippen LogP) is -0.437. The van der Waals surface area contributed by atoms with Crippen LogP contribution in [0.1, 0.15) is 32.1 Å². The van der Waals surface area contributed by atoms with Gasteiger partial charge in [0.15, 0.2) is 0 Å². The molecule has 2 heterocycles. The van der Waals surface area contributed by atoms with Crippen molar-refractivity contribution in [2.45, 2.75) is 44.8 Å². The number of hydrogen-bond acceptors (Lipinski definition) is 7. The van der Waals surface area contributed by atoms with E-state index in [0.29, 0.717) is 24.9 Å². The monoisotopic (exact) mass is 279 g/mol. The SMILES string of the molecule is CCC1C(=O)NC(=O)CN1c1nnc(CNC2CC2)o1. The Morgan fingerprint density at radius 1 is 1.40 bits per heavy atom. The third-order valence-corrected chi connectivity index (χ3v) is 3.46. The number of carbonyl (C=O) groups excluding carboxylic acids is 2. The normalized spacial score (nSPS) is 23.1. The standard InChI is InChI=1S/C12H17N5O3/c1-2-8-11(19)14-9(18)6-17(8)12-16-15-10(20-12)5-13-7-3-4-7/h7-8,13H,2-6H2,1H3,(H,14,18,19). The van der Waals surface area contributed by atoms with Crippen LogP contribution in [0.15, 0.2) is 4.42 Å². The zero-order chi connectivity index (χ0) is 14.1. The summed E-state index contributed by atoms with van der Waals surface area (Å²) >= 11 is 0. The van der Waals surface area contributed by atoms with Gasteiger partial charge in [0.1, 0.15) is 12.6 Å². The van der Waals surface area contributed by atoms with E-state index in [1.807, 2.05) is 6.92 Å². The molecule has 0 spiro atoms. The first-order valence-corrected chi connectivity index (χ1v) is 6.83. The van der Waals surface area contributed by atoms with Crippen LogP contribution in [0.5, 0.6) is 0 Å². The van der Waals surface area contributed by atoms with Crippen LogP contribution >= 0.6 is 0 Å². The van der Waals surface area contributed by atoms with Gasteiger partial charge in [-0.05, 0) is 19.3 Å². The Labute approximate surface area is 115 Å². The smallest absolute Gasteiger partial charge is 0.319 e. The number of anilines is 1. The molecule has 1 saturated heterocycles. The molecule has 1 aromatic rings. The van der Waals surface area contributed by atoms with Gasteiger partial charge < -0.3 is 14.6 Å². The second-order valence-corrected chi connectivity index (χ2v) is 5.10. The van der Waals surface area contributed by atoms with Gasteiger partial charge in [-0.15, -0.1) is 5.10 Å². The summed E-state index contributed by atoms with van der Waals surface area (Å²) in [6.45, 7) is 2.45. The van der Waals surface area contributed by atoms with Crippen LogP contribution in [0.4, 0.5) is 6.01 Å². The number of carbonyl (C=O) groups is 2. The lowest BCUT2D eigenvalue weighted by molar-refractivity contribution is -0.133. The molecule has 3 rings (SSSR count). The van der Waals surface area contributed by atoms with Gasteiger partial charge in [-0.3, -0.25) is 14.9 Å². The predicted molar refractivity (Wildman–Crippen MR) is 68.7 cm³/mol. The Morgan fingerprint density at radius 3 is 2.90 bits per heavy atom. The summed E-state index contributed by atoms with van der Waals surface area (Å²) in [6.07, 6.45) is 2.93. The van der Waals surface area contributed by atoms with Crippen molar-refractivity contribution < 1.29 is 14.0 Å². The molecular weight excluding hydrogens is 262 g/mol. The average molecular weight is 279 g/mol. The molecule has 2 aliphatic rings. The van der Waals surface area contributed by atoms with E-state index in [-0.39, 0.29) is 24.4 Å². The van der Waals surface area contributed by atoms with Crippen molar-refractivity contribution in [3.63, 3.8) is 0 Å². The molecule has 2 fully saturated rings. The second-order valence-electron chi connectivity index (χ2n) is 5.10. The van der Waals surface area contributed by atoms with Crippen LogP contribution in [-0.4, -0.2) is 40.6 Å². The fraction of sp³-hybridized carbons (Fsp3) is 0.667. The maximum atomic E-state index is 11.8. The lowest BCUT2D eigenvalue weighted by Gasteiger charge is -2.31. The number of imide groups is 1. The van der Waals surface area contributed by atoms with E-state index >= 15 is 0 Å². The maximum Gasteiger partial charge on any atom is 0.319 e. The van der Waals surface area contributed by atoms with Crippen molar-refractivity contribution in [3.05, 3.63) is 5.89 Å². The van der Waals surface area contributed by atoms with Gasteiger partial charge in [0.25, 0.3) is 0 Å². The average Bonchev–Trinajstić information content (AvgIpc) is 3.13. The van der Waals surface area contributed by atoms with Gasteiger partial charge in [0.05, 0.1) is 6.54 Å². The zero-order valence-corrected chi connectivity index (χ0v) is 11.3. The Bertz CT molecular complexity index is 525. The van der Waals surface area contributed by atoms with E-state index < -0.39 is 6.04 Å². The lowest BCUT2D eigenvalue weighted by atomic mass is 10.1. The van der Waals surface area contributed by atoms with Crippen LogP contribution < -0.4 is 15.5 Å². The van der Waals surface area contributed by atoms with E-state index in [1.54, 1.807) is 4.90 Å². The Hall–Kier alpha value is -1.96. The molecule has 20 heavy (non-hydrogen) atoms. The van der Waals surface area contributed by atoms with Crippen molar-refractivity contribution in [1.82, 2.24) is 20.8 Å². The summed E-state index contributed by atoms with van der Waals surface area (Å²) in [4.78, 5) is 24.8. The molecule has 1 atom stereocenters. The second kappa shape index (κ2) is 5.20. The van der Waals surface area contributed by atoms with Gasteiger partial charge in [-0.1, -0.05) is 12.0 Å². The summed E-state index contributed by atoms with van der Waals surface area (Å²) in [6, 6.07) is 0.334. The van der Waals surface area contributed by atoms with Crippen molar-refractivity contribution in [3.8, 4) is 0 Å². The third-order valence-electron chi connectivity index (χ3n) is 3.46. The summed E-state index contributed by atoms with van der Waals surface area (Å²) in [5.74, 6) is -0.199. The molecular formula is C12H17N5O3. The fourth-order valence-corrected chi connectivity index (χ4v) is 2.22. The maximum absolute atomic E-state index is 11.8. The van der Waals surface area contributed by atoms with E-state index in [0.717, 1.165) is 0 Å². The van der Waals surface area contributed by atoms with E-state index in [2.05, 4.69) is 20.8 Å². The number of aromatic nitrogens is 2. The molecule has 2 amide bonds. The summed E-state index contributed by atoms with van der Waals surface area (Å²) in [5.41, 5.74) is 0. The minimum absolute atomic E-state index is 0.0575. The molecule has 2 N–H and O–H groups in total. The van der Waals surface area contributed by atoms with E-state index in [9.17, 15) is 9.59 Å². The summed E-state index contributed by atoms with van der Waals surface area (Å²) in [5, 5.41) is 13.5. The molecule has 8 nitrogen and oxygen atoms in total. The van der Waals surface area contributed by atoms with Crippen LogP contribution in [-0.2, 0) is 16.1 Å². The van der Waals surface area contributed by atoms with E-state index in [4.69, 9.17) is 4.42 Å². The number of amides is 2. The van der Waals surface area contributed by atoms with Crippen molar-refractivity contribution in [2.75, 3.05) is 11.4 Å². The number of nitrogens with one attached hydrogen (secondary N) is 2. The van der Waals surface area contributed by atoms with Gasteiger partial charge in [0, 0.05) is 6.04 Å². The molecule has 8 heteroatoms. The molecule has 1 aliphatic heterocycles. The zero-order valence-electron chi connectivity index (χ0n) is 11.3. The number of hydrogen-bond donors (Lipinski definition) is 2. The lowest BCUT2D eigenvalue weighted by Crippen LogP contribution is -2.58. The first-order chi connectivity index (χ1) is 9.67. The highest BCUT2D eigenvalue weighted by Crippen LogP contribution is 2.21. The first kappa shape index (κ1) is 13.0. The highest BCUT2D eigenvalue weighted by molar-refractivity contribution is 6.04. The highest BCUT2D eigenvalue weighted by Gasteiger charge is 2.35. The van der Waals surface area contributed by atoms with Gasteiger partial charge >= 0.3 is 6.01 Å². The van der Waals surface area contributed by atoms with Gasteiger partial charge in [0.2, 0.25) is 17.7 Å². The van der Waals surface area contributed by atoms with Crippen LogP contribution in [0.25, 0.3) is 0 Å². The fourth-order valence-electron chi connectivity index (χ4n) is 2.22. The van der Waals surface area contributed by atoms with Gasteiger partial charge in [-0.25, -0.2) is 0 Å². The van der Waals surface area contributed by atoms with Crippen LogP contribution in [0.3, 0.4) is 0 Å². The Kier molecular flexibility index (Phi) is 3.39. The largest absolute Gasteiger partial charge is 0.407 e. The van der Waals surface area contributed by atoms with Gasteiger partial charge in [-0.2, -0.15) is 0 Å². The van der Waals surface area contributed by atoms with Crippen molar-refractivity contribution in [1.29, 1.82) is 0 Å². The minimum atomic E-state index is -0.447. The molecule has 1 aliphatic carbocycles. The molecule has 1 unspecified atom stereocenters. The highest BCUT2D eigenvalue weighted by atomic mass is 16.4. The molecule has 0 radical (unpaired) electrons. The van der Waals surface area contributed by atoms with Crippen molar-refractivity contribution in [2.24, 2.45) is 0 Å². The van der Waals surface area contributed by atoms with Crippen molar-refractivity contribution >= 4 is 17.8 Å². The Balaban J connectivity index is 1.72. The molecule has 0 bridgehead atoms. The first-order valence-electron chi connectivity index (χ1n) is 6.83. The quantitative estimate of drug-likeness (QED) is 0.705. The molecule has 0 aromatic carbocycles. The number of rotatable bonds is 5.